The Labute approximate surface area is 86.7 Å². The molecule has 0 aliphatic carbocycles. The zero-order valence-electron chi connectivity index (χ0n) is 8.70. The minimum atomic E-state index is -3.02. The Morgan fingerprint density at radius 2 is 2.00 bits per heavy atom. The quantitative estimate of drug-likeness (QED) is 0.728. The van der Waals surface area contributed by atoms with E-state index >= 15 is 0 Å². The van der Waals surface area contributed by atoms with Crippen molar-refractivity contribution < 1.29 is 8.42 Å². The molecule has 1 radical (unpaired) electrons. The topological polar surface area (TPSA) is 49.4 Å². The van der Waals surface area contributed by atoms with Gasteiger partial charge in [-0.2, -0.15) is 0 Å². The maximum absolute atomic E-state index is 10.8. The molecular weight excluding hydrogens is 200 g/mol. The van der Waals surface area contributed by atoms with Crippen LogP contribution in [0.15, 0.2) is 0 Å². The van der Waals surface area contributed by atoms with Gasteiger partial charge in [0.05, 0.1) is 6.26 Å². The van der Waals surface area contributed by atoms with Crippen molar-refractivity contribution in [2.45, 2.75) is 12.8 Å². The maximum atomic E-state index is 10.8. The van der Waals surface area contributed by atoms with Crippen molar-refractivity contribution in [1.82, 2.24) is 9.62 Å². The Balaban J connectivity index is 2.14. The summed E-state index contributed by atoms with van der Waals surface area (Å²) in [5.74, 6) is 0.578. The van der Waals surface area contributed by atoms with Crippen LogP contribution in [0.4, 0.5) is 0 Å². The lowest BCUT2D eigenvalue weighted by Crippen LogP contribution is -2.38. The highest BCUT2D eigenvalue weighted by Crippen LogP contribution is 2.14. The van der Waals surface area contributed by atoms with Gasteiger partial charge in [-0.05, 0) is 31.8 Å². The van der Waals surface area contributed by atoms with Crippen molar-refractivity contribution in [2.75, 3.05) is 32.4 Å². The Hall–Kier alpha value is -0.130. The predicted octanol–water partition coefficient (Wildman–Crippen LogP) is 0.0817. The molecule has 4 nitrogen and oxygen atoms in total. The largest absolute Gasteiger partial charge is 0.302 e. The average Bonchev–Trinajstić information content (AvgIpc) is 2.06. The molecule has 0 aromatic rings. The van der Waals surface area contributed by atoms with Crippen LogP contribution in [-0.4, -0.2) is 45.8 Å². The zero-order valence-corrected chi connectivity index (χ0v) is 9.52. The minimum absolute atomic E-state index is 0.515. The van der Waals surface area contributed by atoms with Crippen LogP contribution < -0.4 is 4.72 Å². The van der Waals surface area contributed by atoms with Crippen molar-refractivity contribution in [3.8, 4) is 0 Å². The van der Waals surface area contributed by atoms with E-state index in [1.165, 1.54) is 6.26 Å². The first kappa shape index (κ1) is 11.9. The van der Waals surface area contributed by atoms with E-state index in [0.717, 1.165) is 32.5 Å². The van der Waals surface area contributed by atoms with Crippen molar-refractivity contribution >= 4 is 10.0 Å². The van der Waals surface area contributed by atoms with E-state index in [-0.39, 0.29) is 0 Å². The summed E-state index contributed by atoms with van der Waals surface area (Å²) in [5, 5.41) is 0. The molecule has 1 fully saturated rings. The molecule has 0 unspecified atom stereocenters. The first-order valence-electron chi connectivity index (χ1n) is 4.97. The molecule has 0 aromatic carbocycles. The molecule has 1 heterocycles. The van der Waals surface area contributed by atoms with Crippen molar-refractivity contribution in [3.63, 3.8) is 0 Å². The monoisotopic (exact) mass is 219 g/mol. The Morgan fingerprint density at radius 1 is 1.43 bits per heavy atom. The van der Waals surface area contributed by atoms with Gasteiger partial charge in [-0.15, -0.1) is 0 Å². The first-order chi connectivity index (χ1) is 6.47. The van der Waals surface area contributed by atoms with E-state index in [2.05, 4.69) is 16.5 Å². The highest BCUT2D eigenvalue weighted by molar-refractivity contribution is 7.88. The van der Waals surface area contributed by atoms with Crippen LogP contribution in [0.1, 0.15) is 12.8 Å². The Morgan fingerprint density at radius 3 is 2.50 bits per heavy atom. The molecular formula is C9H19N2O2S. The Kier molecular flexibility index (Phi) is 4.34. The van der Waals surface area contributed by atoms with Crippen molar-refractivity contribution in [2.24, 2.45) is 5.92 Å². The summed E-state index contributed by atoms with van der Waals surface area (Å²) in [6.45, 7) is 7.42. The second kappa shape index (κ2) is 5.09. The lowest BCUT2D eigenvalue weighted by atomic mass is 9.99. The fourth-order valence-corrected chi connectivity index (χ4v) is 2.06. The number of nitrogens with one attached hydrogen (secondary N) is 1. The molecule has 14 heavy (non-hydrogen) atoms. The molecule has 83 valence electrons. The van der Waals surface area contributed by atoms with E-state index in [1.54, 1.807) is 0 Å². The minimum Gasteiger partial charge on any atom is -0.302 e. The summed E-state index contributed by atoms with van der Waals surface area (Å²) in [4.78, 5) is 2.28. The number of hydrogen-bond donors (Lipinski definition) is 1. The van der Waals surface area contributed by atoms with E-state index in [0.29, 0.717) is 12.5 Å². The fraction of sp³-hybridized carbons (Fsp3) is 0.889. The van der Waals surface area contributed by atoms with Gasteiger partial charge in [0.15, 0.2) is 0 Å². The highest BCUT2D eigenvalue weighted by atomic mass is 32.2. The SMILES string of the molecule is [CH2]C1CCN(CCNS(C)(=O)=O)CC1. The summed E-state index contributed by atoms with van der Waals surface area (Å²) in [7, 11) is -3.02. The molecule has 1 aliphatic rings. The van der Waals surface area contributed by atoms with E-state index in [1.807, 2.05) is 0 Å². The molecule has 0 spiro atoms. The Bertz CT molecular complexity index is 256. The van der Waals surface area contributed by atoms with Crippen LogP contribution in [0.3, 0.4) is 0 Å². The van der Waals surface area contributed by atoms with Crippen LogP contribution >= 0.6 is 0 Å². The normalized spacial score (nSPS) is 21.3. The zero-order chi connectivity index (χ0) is 10.6. The first-order valence-corrected chi connectivity index (χ1v) is 6.86. The summed E-state index contributed by atoms with van der Waals surface area (Å²) < 4.78 is 24.1. The van der Waals surface area contributed by atoms with Gasteiger partial charge in [0.1, 0.15) is 0 Å². The molecule has 0 bridgehead atoms. The molecule has 0 saturated carbocycles. The molecule has 1 saturated heterocycles. The van der Waals surface area contributed by atoms with E-state index in [9.17, 15) is 8.42 Å². The molecule has 0 atom stereocenters. The maximum Gasteiger partial charge on any atom is 0.208 e. The van der Waals surface area contributed by atoms with Gasteiger partial charge >= 0.3 is 0 Å². The van der Waals surface area contributed by atoms with Crippen LogP contribution in [0.2, 0.25) is 0 Å². The molecule has 0 aromatic heterocycles. The number of nitrogens with zero attached hydrogens (tertiary/aromatic N) is 1. The van der Waals surface area contributed by atoms with E-state index in [4.69, 9.17) is 0 Å². The van der Waals surface area contributed by atoms with E-state index < -0.39 is 10.0 Å². The van der Waals surface area contributed by atoms with Crippen molar-refractivity contribution in [3.05, 3.63) is 6.92 Å². The van der Waals surface area contributed by atoms with Gasteiger partial charge in [0, 0.05) is 13.1 Å². The summed E-state index contributed by atoms with van der Waals surface area (Å²) in [6.07, 6.45) is 3.44. The molecule has 1 N–H and O–H groups in total. The van der Waals surface area contributed by atoms with Gasteiger partial charge in [-0.3, -0.25) is 0 Å². The van der Waals surface area contributed by atoms with Gasteiger partial charge in [-0.25, -0.2) is 13.1 Å². The third kappa shape index (κ3) is 4.93. The molecule has 1 rings (SSSR count). The van der Waals surface area contributed by atoms with Gasteiger partial charge in [0.2, 0.25) is 10.0 Å². The number of rotatable bonds is 4. The van der Waals surface area contributed by atoms with Crippen molar-refractivity contribution in [1.29, 1.82) is 0 Å². The summed E-state index contributed by atoms with van der Waals surface area (Å²) in [6, 6.07) is 0. The molecule has 5 heteroatoms. The lowest BCUT2D eigenvalue weighted by molar-refractivity contribution is 0.205. The highest BCUT2D eigenvalue weighted by Gasteiger charge is 2.15. The standard InChI is InChI=1S/C9H19N2O2S/c1-9-3-6-11(7-4-9)8-5-10-14(2,12)13/h9-10H,1,3-8H2,2H3. The summed E-state index contributed by atoms with van der Waals surface area (Å²) >= 11 is 0. The van der Waals surface area contributed by atoms with Gasteiger partial charge in [-0.1, -0.05) is 6.92 Å². The predicted molar refractivity (Wildman–Crippen MR) is 57.4 cm³/mol. The lowest BCUT2D eigenvalue weighted by Gasteiger charge is -2.29. The number of sulfonamides is 1. The summed E-state index contributed by atoms with van der Waals surface area (Å²) in [5.41, 5.74) is 0. The van der Waals surface area contributed by atoms with Gasteiger partial charge < -0.3 is 4.90 Å². The second-order valence-electron chi connectivity index (χ2n) is 3.95. The third-order valence-electron chi connectivity index (χ3n) is 2.50. The van der Waals surface area contributed by atoms with Crippen LogP contribution in [0.25, 0.3) is 0 Å². The van der Waals surface area contributed by atoms with Gasteiger partial charge in [0.25, 0.3) is 0 Å². The molecule has 1 aliphatic heterocycles. The molecule has 0 amide bonds. The fourth-order valence-electron chi connectivity index (χ4n) is 1.60. The smallest absolute Gasteiger partial charge is 0.208 e. The average molecular weight is 219 g/mol. The number of hydrogen-bond acceptors (Lipinski definition) is 3. The van der Waals surface area contributed by atoms with Crippen LogP contribution in [0.5, 0.6) is 0 Å². The van der Waals surface area contributed by atoms with Crippen LogP contribution in [-0.2, 0) is 10.0 Å². The third-order valence-corrected chi connectivity index (χ3v) is 3.23. The number of piperidine rings is 1. The number of likely N-dealkylation sites (tertiary alicyclic amines) is 1. The van der Waals surface area contributed by atoms with Crippen LogP contribution in [0, 0.1) is 12.8 Å². The second-order valence-corrected chi connectivity index (χ2v) is 5.78.